The van der Waals surface area contributed by atoms with Crippen LogP contribution in [0, 0.1) is 0 Å². The highest BCUT2D eigenvalue weighted by molar-refractivity contribution is 9.11. The van der Waals surface area contributed by atoms with Crippen LogP contribution in [0.4, 0.5) is 10.9 Å². The van der Waals surface area contributed by atoms with Crippen LogP contribution in [0.15, 0.2) is 39.4 Å². The minimum absolute atomic E-state index is 0.0481. The van der Waals surface area contributed by atoms with Gasteiger partial charge in [-0.25, -0.2) is 9.97 Å². The van der Waals surface area contributed by atoms with Crippen LogP contribution in [0.2, 0.25) is 0 Å². The second kappa shape index (κ2) is 5.28. The highest BCUT2D eigenvalue weighted by atomic mass is 79.9. The number of anilines is 2. The zero-order valence-corrected chi connectivity index (χ0v) is 14.0. The maximum Gasteiger partial charge on any atom is 0.283 e. The number of nitrogens with one attached hydrogen (secondary N) is 2. The lowest BCUT2D eigenvalue weighted by atomic mass is 10.5. The van der Waals surface area contributed by atoms with E-state index in [9.17, 15) is 8.42 Å². The zero-order valence-electron chi connectivity index (χ0n) is 10.7. The van der Waals surface area contributed by atoms with Gasteiger partial charge >= 0.3 is 0 Å². The molecule has 0 bridgehead atoms. The smallest absolute Gasteiger partial charge is 0.283 e. The molecule has 110 valence electrons. The van der Waals surface area contributed by atoms with Crippen molar-refractivity contribution in [1.29, 1.82) is 0 Å². The molecule has 0 amide bonds. The number of sulfonamides is 1. The number of imidazole rings is 1. The number of nitrogens with zero attached hydrogens (tertiary/aromatic N) is 3. The highest BCUT2D eigenvalue weighted by Gasteiger charge is 2.25. The Hall–Kier alpha value is -1.65. The van der Waals surface area contributed by atoms with Crippen molar-refractivity contribution in [1.82, 2.24) is 14.4 Å². The second-order valence-electron chi connectivity index (χ2n) is 4.02. The molecule has 10 heteroatoms. The van der Waals surface area contributed by atoms with Gasteiger partial charge in [-0.2, -0.15) is 8.42 Å². The molecule has 0 fully saturated rings. The molecule has 0 unspecified atom stereocenters. The zero-order chi connectivity index (χ0) is 15.0. The quantitative estimate of drug-likeness (QED) is 0.717. The van der Waals surface area contributed by atoms with E-state index in [1.165, 1.54) is 21.9 Å². The Morgan fingerprint density at radius 3 is 2.86 bits per heavy atom. The minimum atomic E-state index is -3.81. The molecule has 3 heterocycles. The molecule has 0 atom stereocenters. The predicted molar refractivity (Wildman–Crippen MR) is 85.4 cm³/mol. The van der Waals surface area contributed by atoms with Crippen LogP contribution < -0.4 is 10.0 Å². The van der Waals surface area contributed by atoms with Crippen molar-refractivity contribution in [2.45, 2.75) is 5.03 Å². The molecule has 0 radical (unpaired) electrons. The summed E-state index contributed by atoms with van der Waals surface area (Å²) in [5.41, 5.74) is 0.544. The molecule has 21 heavy (non-hydrogen) atoms. The molecule has 2 N–H and O–H groups in total. The lowest BCUT2D eigenvalue weighted by Crippen LogP contribution is -2.16. The van der Waals surface area contributed by atoms with Crippen LogP contribution in [0.25, 0.3) is 5.65 Å². The predicted octanol–water partition coefficient (Wildman–Crippen LogP) is 2.40. The number of aromatic nitrogens is 3. The fourth-order valence-electron chi connectivity index (χ4n) is 1.86. The van der Waals surface area contributed by atoms with Gasteiger partial charge in [0.05, 0.1) is 9.98 Å². The average Bonchev–Trinajstić information content (AvgIpc) is 3.01. The fourth-order valence-corrected chi connectivity index (χ4v) is 4.51. The Balaban J connectivity index is 2.13. The van der Waals surface area contributed by atoms with Gasteiger partial charge in [-0.05, 0) is 28.1 Å². The van der Waals surface area contributed by atoms with Gasteiger partial charge in [-0.3, -0.25) is 9.12 Å². The molecule has 0 spiro atoms. The first-order valence-electron chi connectivity index (χ1n) is 5.80. The van der Waals surface area contributed by atoms with Crippen molar-refractivity contribution in [2.24, 2.45) is 0 Å². The number of hydrogen-bond donors (Lipinski definition) is 2. The standard InChI is InChI=1S/C11H10BrN5O2S2/c1-13-9-10(17-5-3-2-4-8(17)15-9)21(18,19)16-11-14-6-7(12)20-11/h2-6,13H,1H3,(H,14,16). The van der Waals surface area contributed by atoms with Gasteiger partial charge in [0.15, 0.2) is 10.9 Å². The molecule has 0 aromatic carbocycles. The Morgan fingerprint density at radius 1 is 1.38 bits per heavy atom. The summed E-state index contributed by atoms with van der Waals surface area (Å²) in [6, 6.07) is 5.27. The summed E-state index contributed by atoms with van der Waals surface area (Å²) in [6.45, 7) is 0. The third-order valence-electron chi connectivity index (χ3n) is 2.68. The molecule has 3 rings (SSSR count). The molecule has 0 aliphatic rings. The van der Waals surface area contributed by atoms with Gasteiger partial charge in [0.2, 0.25) is 5.03 Å². The van der Waals surface area contributed by atoms with Gasteiger partial charge in [0, 0.05) is 13.2 Å². The summed E-state index contributed by atoms with van der Waals surface area (Å²) in [5, 5.41) is 3.14. The molecule has 0 aliphatic carbocycles. The first-order chi connectivity index (χ1) is 10.0. The lowest BCUT2D eigenvalue weighted by Gasteiger charge is -2.06. The number of pyridine rings is 1. The topological polar surface area (TPSA) is 88.4 Å². The Bertz CT molecular complexity index is 902. The minimum Gasteiger partial charge on any atom is -0.371 e. The first kappa shape index (κ1) is 14.3. The average molecular weight is 388 g/mol. The van der Waals surface area contributed by atoms with Crippen LogP contribution in [0.3, 0.4) is 0 Å². The lowest BCUT2D eigenvalue weighted by molar-refractivity contribution is 0.597. The van der Waals surface area contributed by atoms with Gasteiger partial charge in [-0.15, -0.1) is 0 Å². The SMILES string of the molecule is CNc1nc2ccccn2c1S(=O)(=O)Nc1ncc(Br)s1. The molecule has 3 aromatic heterocycles. The number of fused-ring (bicyclic) bond motifs is 1. The largest absolute Gasteiger partial charge is 0.371 e. The third-order valence-corrected chi connectivity index (χ3v) is 5.56. The molecule has 3 aromatic rings. The second-order valence-corrected chi connectivity index (χ2v) is 8.03. The monoisotopic (exact) mass is 387 g/mol. The van der Waals surface area contributed by atoms with Gasteiger partial charge in [0.25, 0.3) is 10.0 Å². The van der Waals surface area contributed by atoms with Crippen molar-refractivity contribution in [3.63, 3.8) is 0 Å². The van der Waals surface area contributed by atoms with Crippen LogP contribution in [-0.4, -0.2) is 29.8 Å². The van der Waals surface area contributed by atoms with Crippen molar-refractivity contribution < 1.29 is 8.42 Å². The van der Waals surface area contributed by atoms with Crippen LogP contribution in [-0.2, 0) is 10.0 Å². The van der Waals surface area contributed by atoms with E-state index in [1.807, 2.05) is 0 Å². The third kappa shape index (κ3) is 2.61. The molecular formula is C11H10BrN5O2S2. The van der Waals surface area contributed by atoms with E-state index in [2.05, 4.69) is 35.9 Å². The number of thiazole rings is 1. The first-order valence-corrected chi connectivity index (χ1v) is 8.89. The van der Waals surface area contributed by atoms with E-state index < -0.39 is 10.0 Å². The Labute approximate surface area is 133 Å². The van der Waals surface area contributed by atoms with Crippen molar-refractivity contribution >= 4 is 53.9 Å². The normalized spacial score (nSPS) is 11.7. The van der Waals surface area contributed by atoms with E-state index in [0.717, 1.165) is 3.79 Å². The summed E-state index contributed by atoms with van der Waals surface area (Å²) >= 11 is 4.44. The summed E-state index contributed by atoms with van der Waals surface area (Å²) in [4.78, 5) is 8.23. The number of rotatable bonds is 4. The van der Waals surface area contributed by atoms with Crippen molar-refractivity contribution in [3.8, 4) is 0 Å². The highest BCUT2D eigenvalue weighted by Crippen LogP contribution is 2.28. The number of hydrogen-bond acceptors (Lipinski definition) is 6. The molecular weight excluding hydrogens is 378 g/mol. The van der Waals surface area contributed by atoms with E-state index >= 15 is 0 Å². The maximum atomic E-state index is 12.6. The molecule has 0 aliphatic heterocycles. The van der Waals surface area contributed by atoms with Crippen molar-refractivity contribution in [3.05, 3.63) is 34.4 Å². The summed E-state index contributed by atoms with van der Waals surface area (Å²) in [5.74, 6) is 0.282. The summed E-state index contributed by atoms with van der Waals surface area (Å²) in [6.07, 6.45) is 3.19. The van der Waals surface area contributed by atoms with Gasteiger partial charge in [-0.1, -0.05) is 17.4 Å². The van der Waals surface area contributed by atoms with E-state index in [-0.39, 0.29) is 16.0 Å². The van der Waals surface area contributed by atoms with Crippen molar-refractivity contribution in [2.75, 3.05) is 17.1 Å². The Morgan fingerprint density at radius 2 is 2.19 bits per heavy atom. The Kier molecular flexibility index (Phi) is 3.59. The van der Waals surface area contributed by atoms with Crippen LogP contribution in [0.1, 0.15) is 0 Å². The fraction of sp³-hybridized carbons (Fsp3) is 0.0909. The summed E-state index contributed by atoms with van der Waals surface area (Å²) < 4.78 is 29.9. The molecule has 7 nitrogen and oxygen atoms in total. The molecule has 0 saturated heterocycles. The van der Waals surface area contributed by atoms with Gasteiger partial charge < -0.3 is 5.32 Å². The van der Waals surface area contributed by atoms with E-state index in [4.69, 9.17) is 0 Å². The van der Waals surface area contributed by atoms with Crippen LogP contribution >= 0.6 is 27.3 Å². The van der Waals surface area contributed by atoms with Gasteiger partial charge in [0.1, 0.15) is 5.65 Å². The van der Waals surface area contributed by atoms with E-state index in [0.29, 0.717) is 5.65 Å². The number of halogens is 1. The maximum absolute atomic E-state index is 12.6. The summed E-state index contributed by atoms with van der Waals surface area (Å²) in [7, 11) is -2.19. The molecule has 0 saturated carbocycles. The van der Waals surface area contributed by atoms with Crippen LogP contribution in [0.5, 0.6) is 0 Å². The van der Waals surface area contributed by atoms with E-state index in [1.54, 1.807) is 31.4 Å².